The van der Waals surface area contributed by atoms with Crippen LogP contribution in [0.4, 0.5) is 19.1 Å². The van der Waals surface area contributed by atoms with Gasteiger partial charge in [-0.3, -0.25) is 4.79 Å². The molecule has 2 aromatic rings. The molecule has 2 aliphatic rings. The molecule has 0 spiro atoms. The quantitative estimate of drug-likeness (QED) is 0.383. The smallest absolute Gasteiger partial charge is 0.429 e. The number of ether oxygens (including phenoxy) is 2. The monoisotopic (exact) mass is 568 g/mol. The van der Waals surface area contributed by atoms with E-state index in [0.717, 1.165) is 0 Å². The van der Waals surface area contributed by atoms with Gasteiger partial charge in [0.05, 0.1) is 18.9 Å². The predicted molar refractivity (Wildman–Crippen MR) is 140 cm³/mol. The second-order valence-corrected chi connectivity index (χ2v) is 10.9. The SMILES string of the molecule is CC1(c2cc(O[C@H](c3ccc(Cl)cc3C3=CCCOC3)C(F)(F)F)nc(N)n2)CCC(C[C@H](N)C(=O)O)CC1. The maximum atomic E-state index is 14.4. The van der Waals surface area contributed by atoms with E-state index >= 15 is 0 Å². The molecule has 5 N–H and O–H groups in total. The number of aliphatic carboxylic acids is 1. The van der Waals surface area contributed by atoms with Crippen molar-refractivity contribution in [1.29, 1.82) is 0 Å². The summed E-state index contributed by atoms with van der Waals surface area (Å²) in [5.41, 5.74) is 12.4. The highest BCUT2D eigenvalue weighted by Gasteiger charge is 2.45. The third-order valence-corrected chi connectivity index (χ3v) is 7.78. The van der Waals surface area contributed by atoms with Crippen molar-refractivity contribution in [1.82, 2.24) is 9.97 Å². The van der Waals surface area contributed by atoms with Crippen LogP contribution in [0.1, 0.15) is 68.4 Å². The number of rotatable bonds is 8. The first kappa shape index (κ1) is 29.1. The molecule has 1 aliphatic carbocycles. The summed E-state index contributed by atoms with van der Waals surface area (Å²) in [6.45, 7) is 2.62. The molecule has 1 aromatic carbocycles. The first-order valence-corrected chi connectivity index (χ1v) is 13.2. The Morgan fingerprint density at radius 1 is 1.28 bits per heavy atom. The highest BCUT2D eigenvalue weighted by atomic mass is 35.5. The lowest BCUT2D eigenvalue weighted by Gasteiger charge is -2.37. The number of carboxylic acids is 1. The van der Waals surface area contributed by atoms with Crippen LogP contribution in [0.25, 0.3) is 5.57 Å². The molecule has 2 atom stereocenters. The molecule has 2 heterocycles. The van der Waals surface area contributed by atoms with Crippen LogP contribution in [0.3, 0.4) is 0 Å². The van der Waals surface area contributed by atoms with Gasteiger partial charge in [0, 0.05) is 22.1 Å². The van der Waals surface area contributed by atoms with E-state index in [0.29, 0.717) is 67.0 Å². The van der Waals surface area contributed by atoms with E-state index in [9.17, 15) is 18.0 Å². The topological polar surface area (TPSA) is 134 Å². The van der Waals surface area contributed by atoms with Crippen LogP contribution in [0, 0.1) is 5.92 Å². The van der Waals surface area contributed by atoms with Crippen molar-refractivity contribution in [2.75, 3.05) is 18.9 Å². The molecule has 0 saturated heterocycles. The molecule has 0 radical (unpaired) electrons. The maximum Gasteiger partial charge on any atom is 0.429 e. The summed E-state index contributed by atoms with van der Waals surface area (Å²) in [5.74, 6) is -1.38. The maximum absolute atomic E-state index is 14.4. The third-order valence-electron chi connectivity index (χ3n) is 7.54. The fraction of sp³-hybridized carbons (Fsp3) is 0.519. The standard InChI is InChI=1S/C27H32ClF3N4O4/c1-26(8-6-15(7-9-26)11-20(32)24(36)37)21-13-22(35-25(33)34-21)39-23(27(29,30)31)18-5-4-17(28)12-19(18)16-3-2-10-38-14-16/h3-5,12-13,15,20,23H,2,6-11,14,32H2,1H3,(H,36,37)(H2,33,34,35)/t15?,20-,23+,26?/m0/s1. The molecule has 1 fully saturated rings. The van der Waals surface area contributed by atoms with Gasteiger partial charge < -0.3 is 26.0 Å². The van der Waals surface area contributed by atoms with Crippen LogP contribution in [0.5, 0.6) is 5.88 Å². The molecule has 0 amide bonds. The summed E-state index contributed by atoms with van der Waals surface area (Å²) in [6, 6.07) is 4.66. The van der Waals surface area contributed by atoms with E-state index in [1.807, 2.05) is 13.0 Å². The number of nitrogen functional groups attached to an aromatic ring is 1. The van der Waals surface area contributed by atoms with E-state index in [4.69, 9.17) is 37.6 Å². The van der Waals surface area contributed by atoms with E-state index in [1.54, 1.807) is 0 Å². The minimum Gasteiger partial charge on any atom is -0.480 e. The molecule has 1 aromatic heterocycles. The minimum atomic E-state index is -4.77. The van der Waals surface area contributed by atoms with Crippen molar-refractivity contribution in [2.24, 2.45) is 11.7 Å². The van der Waals surface area contributed by atoms with Gasteiger partial charge in [0.2, 0.25) is 17.9 Å². The Kier molecular flexibility index (Phi) is 8.72. The Bertz CT molecular complexity index is 1230. The van der Waals surface area contributed by atoms with Crippen LogP contribution in [-0.2, 0) is 14.9 Å². The second kappa shape index (κ2) is 11.7. The summed E-state index contributed by atoms with van der Waals surface area (Å²) in [7, 11) is 0. The lowest BCUT2D eigenvalue weighted by molar-refractivity contribution is -0.198. The lowest BCUT2D eigenvalue weighted by Crippen LogP contribution is -2.36. The first-order valence-electron chi connectivity index (χ1n) is 12.8. The number of nitrogens with two attached hydrogens (primary N) is 2. The fourth-order valence-electron chi connectivity index (χ4n) is 5.29. The molecule has 4 rings (SSSR count). The van der Waals surface area contributed by atoms with Gasteiger partial charge in [-0.25, -0.2) is 4.98 Å². The summed E-state index contributed by atoms with van der Waals surface area (Å²) < 4.78 is 54.3. The molecular formula is C27H32ClF3N4O4. The Balaban J connectivity index is 1.61. The number of anilines is 1. The van der Waals surface area contributed by atoms with Crippen molar-refractivity contribution in [3.63, 3.8) is 0 Å². The molecule has 8 nitrogen and oxygen atoms in total. The summed E-state index contributed by atoms with van der Waals surface area (Å²) in [5, 5.41) is 9.40. The number of carbonyl (C=O) groups is 1. The average molecular weight is 569 g/mol. The Hall–Kier alpha value is -2.89. The van der Waals surface area contributed by atoms with Gasteiger partial charge in [0.25, 0.3) is 0 Å². The number of alkyl halides is 3. The lowest BCUT2D eigenvalue weighted by atomic mass is 9.68. The van der Waals surface area contributed by atoms with Crippen LogP contribution in [-0.4, -0.2) is 46.5 Å². The number of hydrogen-bond donors (Lipinski definition) is 3. The van der Waals surface area contributed by atoms with Crippen LogP contribution in [0.15, 0.2) is 30.3 Å². The average Bonchev–Trinajstić information content (AvgIpc) is 2.88. The first-order chi connectivity index (χ1) is 18.4. The molecule has 0 bridgehead atoms. The molecule has 1 aliphatic heterocycles. The van der Waals surface area contributed by atoms with Gasteiger partial charge in [0.1, 0.15) is 6.04 Å². The summed E-state index contributed by atoms with van der Waals surface area (Å²) in [4.78, 5) is 19.4. The molecule has 0 unspecified atom stereocenters. The molecule has 12 heteroatoms. The molecular weight excluding hydrogens is 537 g/mol. The highest BCUT2D eigenvalue weighted by molar-refractivity contribution is 6.30. The number of nitrogens with zero attached hydrogens (tertiary/aromatic N) is 2. The van der Waals surface area contributed by atoms with Crippen LogP contribution >= 0.6 is 11.6 Å². The third kappa shape index (κ3) is 7.01. The van der Waals surface area contributed by atoms with Gasteiger partial charge in [-0.1, -0.05) is 30.7 Å². The van der Waals surface area contributed by atoms with Gasteiger partial charge in [0.15, 0.2) is 0 Å². The Morgan fingerprint density at radius 2 is 2.00 bits per heavy atom. The number of carboxylic acid groups (broad SMARTS) is 1. The van der Waals surface area contributed by atoms with Crippen molar-refractivity contribution < 1.29 is 32.5 Å². The number of benzene rings is 1. The van der Waals surface area contributed by atoms with Crippen molar-refractivity contribution >= 4 is 29.1 Å². The van der Waals surface area contributed by atoms with Gasteiger partial charge in [-0.05, 0) is 67.7 Å². The number of halogens is 4. The van der Waals surface area contributed by atoms with Gasteiger partial charge in [-0.2, -0.15) is 18.2 Å². The zero-order valence-electron chi connectivity index (χ0n) is 21.5. The summed E-state index contributed by atoms with van der Waals surface area (Å²) in [6.07, 6.45) is -1.65. The van der Waals surface area contributed by atoms with Crippen molar-refractivity contribution in [2.45, 2.75) is 69.2 Å². The zero-order chi connectivity index (χ0) is 28.4. The van der Waals surface area contributed by atoms with Gasteiger partial charge >= 0.3 is 12.1 Å². The highest BCUT2D eigenvalue weighted by Crippen LogP contribution is 2.44. The normalized spacial score (nSPS) is 23.5. The number of hydrogen-bond acceptors (Lipinski definition) is 7. The molecule has 212 valence electrons. The Labute approximate surface area is 229 Å². The van der Waals surface area contributed by atoms with Crippen LogP contribution < -0.4 is 16.2 Å². The Morgan fingerprint density at radius 3 is 2.62 bits per heavy atom. The molecule has 1 saturated carbocycles. The van der Waals surface area contributed by atoms with Crippen LogP contribution in [0.2, 0.25) is 5.02 Å². The second-order valence-electron chi connectivity index (χ2n) is 10.5. The summed E-state index contributed by atoms with van der Waals surface area (Å²) >= 11 is 6.15. The predicted octanol–water partition coefficient (Wildman–Crippen LogP) is 5.45. The number of aromatic nitrogens is 2. The van der Waals surface area contributed by atoms with E-state index in [1.165, 1.54) is 24.3 Å². The van der Waals surface area contributed by atoms with Gasteiger partial charge in [-0.15, -0.1) is 0 Å². The zero-order valence-corrected chi connectivity index (χ0v) is 22.3. The minimum absolute atomic E-state index is 0.108. The largest absolute Gasteiger partial charge is 0.480 e. The van der Waals surface area contributed by atoms with E-state index in [2.05, 4.69) is 9.97 Å². The van der Waals surface area contributed by atoms with Crippen molar-refractivity contribution in [3.05, 3.63) is 52.2 Å². The molecule has 39 heavy (non-hydrogen) atoms. The van der Waals surface area contributed by atoms with Crippen molar-refractivity contribution in [3.8, 4) is 5.88 Å². The van der Waals surface area contributed by atoms with E-state index < -0.39 is 29.7 Å². The fourth-order valence-corrected chi connectivity index (χ4v) is 5.46. The van der Waals surface area contributed by atoms with E-state index in [-0.39, 0.29) is 29.9 Å².